The van der Waals surface area contributed by atoms with Crippen LogP contribution in [0.15, 0.2) is 24.3 Å². The molecule has 0 saturated heterocycles. The van der Waals surface area contributed by atoms with E-state index < -0.39 is 0 Å². The fourth-order valence-electron chi connectivity index (χ4n) is 3.33. The van der Waals surface area contributed by atoms with Crippen molar-refractivity contribution in [2.24, 2.45) is 17.1 Å². The molecule has 0 radical (unpaired) electrons. The lowest BCUT2D eigenvalue weighted by atomic mass is 9.70. The molecule has 1 aliphatic carbocycles. The Kier molecular flexibility index (Phi) is 4.69. The first-order valence-corrected chi connectivity index (χ1v) is 7.67. The maximum absolute atomic E-state index is 13.4. The van der Waals surface area contributed by atoms with Gasteiger partial charge in [0.05, 0.1) is 0 Å². The normalized spacial score (nSPS) is 25.4. The van der Waals surface area contributed by atoms with Crippen LogP contribution in [-0.4, -0.2) is 19.1 Å². The third-order valence-electron chi connectivity index (χ3n) is 4.58. The molecule has 0 bridgehead atoms. The fraction of sp³-hybridized carbons (Fsp3) is 0.647. The maximum Gasteiger partial charge on any atom is 0.125 e. The van der Waals surface area contributed by atoms with Gasteiger partial charge in [0.2, 0.25) is 0 Å². The van der Waals surface area contributed by atoms with Crippen molar-refractivity contribution in [3.63, 3.8) is 0 Å². The standard InChI is InChI=1S/C17H27FN2/c1-4-20(15-7-5-6-14(18)10-15)12-13-11-17(2,3)9-8-16(13)19/h5-7,10,13,16H,4,8-9,11-12,19H2,1-3H3. The predicted octanol–water partition coefficient (Wildman–Crippen LogP) is 3.81. The van der Waals surface area contributed by atoms with Gasteiger partial charge in [-0.2, -0.15) is 0 Å². The minimum absolute atomic E-state index is 0.172. The van der Waals surface area contributed by atoms with Crippen molar-refractivity contribution >= 4 is 5.69 Å². The quantitative estimate of drug-likeness (QED) is 0.907. The van der Waals surface area contributed by atoms with Gasteiger partial charge in [0.15, 0.2) is 0 Å². The highest BCUT2D eigenvalue weighted by atomic mass is 19.1. The number of halogens is 1. The molecule has 3 heteroatoms. The zero-order valence-electron chi connectivity index (χ0n) is 12.9. The maximum atomic E-state index is 13.4. The Morgan fingerprint density at radius 3 is 2.80 bits per heavy atom. The van der Waals surface area contributed by atoms with E-state index in [4.69, 9.17) is 5.73 Å². The number of nitrogens with zero attached hydrogens (tertiary/aromatic N) is 1. The molecule has 2 N–H and O–H groups in total. The second kappa shape index (κ2) is 6.13. The number of anilines is 1. The Bertz CT molecular complexity index is 444. The highest BCUT2D eigenvalue weighted by Crippen LogP contribution is 2.38. The molecule has 0 aromatic heterocycles. The summed E-state index contributed by atoms with van der Waals surface area (Å²) in [7, 11) is 0. The zero-order valence-corrected chi connectivity index (χ0v) is 12.9. The van der Waals surface area contributed by atoms with Crippen LogP contribution in [0.25, 0.3) is 0 Å². The first-order chi connectivity index (χ1) is 9.41. The lowest BCUT2D eigenvalue weighted by Gasteiger charge is -2.41. The molecular weight excluding hydrogens is 251 g/mol. The Balaban J connectivity index is 2.09. The van der Waals surface area contributed by atoms with E-state index in [0.29, 0.717) is 11.3 Å². The van der Waals surface area contributed by atoms with Gasteiger partial charge in [-0.15, -0.1) is 0 Å². The van der Waals surface area contributed by atoms with E-state index in [9.17, 15) is 4.39 Å². The van der Waals surface area contributed by atoms with Crippen LogP contribution in [0.5, 0.6) is 0 Å². The number of rotatable bonds is 4. The second-order valence-electron chi connectivity index (χ2n) is 6.85. The van der Waals surface area contributed by atoms with Crippen molar-refractivity contribution in [2.75, 3.05) is 18.0 Å². The van der Waals surface area contributed by atoms with Crippen molar-refractivity contribution in [3.8, 4) is 0 Å². The molecule has 1 aromatic rings. The van der Waals surface area contributed by atoms with Crippen LogP contribution in [0.1, 0.15) is 40.0 Å². The van der Waals surface area contributed by atoms with E-state index in [1.807, 2.05) is 6.07 Å². The molecule has 0 heterocycles. The van der Waals surface area contributed by atoms with Crippen molar-refractivity contribution in [1.82, 2.24) is 0 Å². The van der Waals surface area contributed by atoms with Gasteiger partial charge in [0.25, 0.3) is 0 Å². The first-order valence-electron chi connectivity index (χ1n) is 7.67. The average molecular weight is 278 g/mol. The highest BCUT2D eigenvalue weighted by Gasteiger charge is 2.33. The second-order valence-corrected chi connectivity index (χ2v) is 6.85. The van der Waals surface area contributed by atoms with Crippen molar-refractivity contribution in [2.45, 2.75) is 46.1 Å². The average Bonchev–Trinajstić information content (AvgIpc) is 2.39. The van der Waals surface area contributed by atoms with Crippen molar-refractivity contribution in [1.29, 1.82) is 0 Å². The summed E-state index contributed by atoms with van der Waals surface area (Å²) in [6.45, 7) is 8.57. The van der Waals surface area contributed by atoms with Crippen LogP contribution < -0.4 is 10.6 Å². The molecule has 1 aliphatic rings. The van der Waals surface area contributed by atoms with Crippen LogP contribution in [-0.2, 0) is 0 Å². The molecule has 20 heavy (non-hydrogen) atoms. The predicted molar refractivity (Wildman–Crippen MR) is 83.4 cm³/mol. The van der Waals surface area contributed by atoms with Crippen LogP contribution >= 0.6 is 0 Å². The lowest BCUT2D eigenvalue weighted by Crippen LogP contribution is -2.45. The summed E-state index contributed by atoms with van der Waals surface area (Å²) in [6.07, 6.45) is 3.45. The van der Waals surface area contributed by atoms with Gasteiger partial charge in [-0.25, -0.2) is 4.39 Å². The van der Waals surface area contributed by atoms with Crippen LogP contribution in [0.2, 0.25) is 0 Å². The Morgan fingerprint density at radius 1 is 1.40 bits per heavy atom. The largest absolute Gasteiger partial charge is 0.371 e. The summed E-state index contributed by atoms with van der Waals surface area (Å²) in [4.78, 5) is 2.25. The monoisotopic (exact) mass is 278 g/mol. The molecule has 0 amide bonds. The van der Waals surface area contributed by atoms with Crippen LogP contribution in [0, 0.1) is 17.2 Å². The molecule has 0 aliphatic heterocycles. The summed E-state index contributed by atoms with van der Waals surface area (Å²) >= 11 is 0. The minimum Gasteiger partial charge on any atom is -0.371 e. The zero-order chi connectivity index (χ0) is 14.8. The molecule has 2 atom stereocenters. The Hall–Kier alpha value is -1.09. The highest BCUT2D eigenvalue weighted by molar-refractivity contribution is 5.46. The third-order valence-corrected chi connectivity index (χ3v) is 4.58. The van der Waals surface area contributed by atoms with E-state index in [1.54, 1.807) is 12.1 Å². The number of hydrogen-bond donors (Lipinski definition) is 1. The SMILES string of the molecule is CCN(CC1CC(C)(C)CCC1N)c1cccc(F)c1. The molecule has 0 spiro atoms. The number of hydrogen-bond acceptors (Lipinski definition) is 2. The molecule has 1 aromatic carbocycles. The summed E-state index contributed by atoms with van der Waals surface area (Å²) in [6, 6.07) is 7.13. The van der Waals surface area contributed by atoms with E-state index in [0.717, 1.165) is 31.6 Å². The number of benzene rings is 1. The Morgan fingerprint density at radius 2 is 2.15 bits per heavy atom. The van der Waals surface area contributed by atoms with Gasteiger partial charge in [0.1, 0.15) is 5.82 Å². The smallest absolute Gasteiger partial charge is 0.125 e. The van der Waals surface area contributed by atoms with E-state index in [-0.39, 0.29) is 11.9 Å². The van der Waals surface area contributed by atoms with Gasteiger partial charge in [-0.3, -0.25) is 0 Å². The van der Waals surface area contributed by atoms with Gasteiger partial charge >= 0.3 is 0 Å². The first kappa shape index (κ1) is 15.3. The van der Waals surface area contributed by atoms with Crippen LogP contribution in [0.4, 0.5) is 10.1 Å². The topological polar surface area (TPSA) is 29.3 Å². The molecule has 1 fully saturated rings. The summed E-state index contributed by atoms with van der Waals surface area (Å²) in [5, 5.41) is 0. The summed E-state index contributed by atoms with van der Waals surface area (Å²) in [5.41, 5.74) is 7.65. The number of nitrogens with two attached hydrogens (primary N) is 1. The van der Waals surface area contributed by atoms with Gasteiger partial charge < -0.3 is 10.6 Å². The van der Waals surface area contributed by atoms with E-state index >= 15 is 0 Å². The molecule has 2 nitrogen and oxygen atoms in total. The van der Waals surface area contributed by atoms with Gasteiger partial charge in [-0.1, -0.05) is 19.9 Å². The van der Waals surface area contributed by atoms with Crippen LogP contribution in [0.3, 0.4) is 0 Å². The Labute approximate surface area is 122 Å². The molecule has 1 saturated carbocycles. The minimum atomic E-state index is -0.172. The molecular formula is C17H27FN2. The van der Waals surface area contributed by atoms with E-state index in [2.05, 4.69) is 25.7 Å². The summed E-state index contributed by atoms with van der Waals surface area (Å²) < 4.78 is 13.4. The third kappa shape index (κ3) is 3.72. The van der Waals surface area contributed by atoms with Gasteiger partial charge in [0, 0.05) is 24.8 Å². The van der Waals surface area contributed by atoms with Crippen molar-refractivity contribution < 1.29 is 4.39 Å². The summed E-state index contributed by atoms with van der Waals surface area (Å²) in [5.74, 6) is 0.316. The van der Waals surface area contributed by atoms with E-state index in [1.165, 1.54) is 12.5 Å². The molecule has 2 rings (SSSR count). The molecule has 2 unspecified atom stereocenters. The molecule has 112 valence electrons. The fourth-order valence-corrected chi connectivity index (χ4v) is 3.33. The van der Waals surface area contributed by atoms with Gasteiger partial charge in [-0.05, 0) is 55.7 Å². The van der Waals surface area contributed by atoms with Crippen molar-refractivity contribution in [3.05, 3.63) is 30.1 Å². The lowest BCUT2D eigenvalue weighted by molar-refractivity contribution is 0.160.